The van der Waals surface area contributed by atoms with Crippen molar-refractivity contribution in [1.82, 2.24) is 9.80 Å². The molecule has 0 spiro atoms. The molecule has 2 unspecified atom stereocenters. The highest BCUT2D eigenvalue weighted by Crippen LogP contribution is 2.27. The van der Waals surface area contributed by atoms with Gasteiger partial charge in [0.05, 0.1) is 25.9 Å². The van der Waals surface area contributed by atoms with Crippen molar-refractivity contribution in [3.8, 4) is 0 Å². The molecular weight excluding hydrogens is 284 g/mol. The molecular formula is C16H20N2O4. The highest BCUT2D eigenvalue weighted by atomic mass is 16.5. The quantitative estimate of drug-likeness (QED) is 0.796. The number of aliphatic hydroxyl groups is 1. The number of carbonyl (C=O) groups is 2. The van der Waals surface area contributed by atoms with Crippen molar-refractivity contribution in [2.45, 2.75) is 31.6 Å². The molecule has 22 heavy (non-hydrogen) atoms. The molecule has 3 rings (SSSR count). The smallest absolute Gasteiger partial charge is 0.327 e. The normalized spacial score (nSPS) is 22.3. The minimum atomic E-state index is -0.864. The van der Waals surface area contributed by atoms with E-state index in [0.717, 1.165) is 23.3 Å². The molecule has 3 amide bonds. The minimum Gasteiger partial charge on any atom is -0.389 e. The van der Waals surface area contributed by atoms with E-state index in [0.29, 0.717) is 13.2 Å². The Kier molecular flexibility index (Phi) is 4.40. The summed E-state index contributed by atoms with van der Waals surface area (Å²) in [5.74, 6) is -0.190. The maximum atomic E-state index is 12.1. The molecule has 1 N–H and O–H groups in total. The van der Waals surface area contributed by atoms with E-state index in [2.05, 4.69) is 0 Å². The highest BCUT2D eigenvalue weighted by Gasteiger charge is 2.47. The van der Waals surface area contributed by atoms with Gasteiger partial charge < -0.3 is 14.7 Å². The van der Waals surface area contributed by atoms with E-state index < -0.39 is 6.10 Å². The van der Waals surface area contributed by atoms with Gasteiger partial charge in [-0.05, 0) is 18.4 Å². The van der Waals surface area contributed by atoms with Crippen LogP contribution in [0.3, 0.4) is 0 Å². The van der Waals surface area contributed by atoms with Gasteiger partial charge in [0.2, 0.25) is 0 Å². The maximum Gasteiger partial charge on any atom is 0.327 e. The average Bonchev–Trinajstić information content (AvgIpc) is 3.08. The van der Waals surface area contributed by atoms with E-state index in [1.165, 1.54) is 0 Å². The van der Waals surface area contributed by atoms with Gasteiger partial charge in [0.15, 0.2) is 0 Å². The molecule has 0 saturated carbocycles. The van der Waals surface area contributed by atoms with Gasteiger partial charge in [0.25, 0.3) is 5.91 Å². The Hall–Kier alpha value is -1.92. The fourth-order valence-electron chi connectivity index (χ4n) is 3.00. The number of fused-ring (bicyclic) bond motifs is 1. The predicted octanol–water partition coefficient (Wildman–Crippen LogP) is 0.991. The molecule has 0 radical (unpaired) electrons. The van der Waals surface area contributed by atoms with E-state index >= 15 is 0 Å². The Morgan fingerprint density at radius 1 is 1.27 bits per heavy atom. The second-order valence-corrected chi connectivity index (χ2v) is 5.74. The first-order chi connectivity index (χ1) is 10.7. The molecule has 1 aromatic rings. The standard InChI is InChI=1S/C16H20N2O4/c19-13(11-22-10-12-5-2-1-3-6-12)9-18-15(20)14-7-4-8-17(14)16(18)21/h1-3,5-6,13-14,19H,4,7-11H2. The number of β-amino-alcohol motifs (C(OH)–C–C–N with tert-alkyl or cyclic N) is 1. The van der Waals surface area contributed by atoms with Gasteiger partial charge in [0.1, 0.15) is 6.04 Å². The Balaban J connectivity index is 1.47. The predicted molar refractivity (Wildman–Crippen MR) is 78.9 cm³/mol. The Morgan fingerprint density at radius 3 is 2.77 bits per heavy atom. The molecule has 118 valence electrons. The minimum absolute atomic E-state index is 0.000539. The van der Waals surface area contributed by atoms with Crippen LogP contribution in [0, 0.1) is 0 Å². The lowest BCUT2D eigenvalue weighted by Gasteiger charge is -2.19. The molecule has 0 aromatic heterocycles. The molecule has 2 saturated heterocycles. The van der Waals surface area contributed by atoms with Gasteiger partial charge in [-0.15, -0.1) is 0 Å². The fourth-order valence-corrected chi connectivity index (χ4v) is 3.00. The summed E-state index contributed by atoms with van der Waals surface area (Å²) in [6.45, 7) is 1.12. The van der Waals surface area contributed by atoms with Crippen LogP contribution >= 0.6 is 0 Å². The zero-order valence-corrected chi connectivity index (χ0v) is 12.4. The number of rotatable bonds is 6. The van der Waals surface area contributed by atoms with Crippen LogP contribution < -0.4 is 0 Å². The number of aliphatic hydroxyl groups excluding tert-OH is 1. The van der Waals surface area contributed by atoms with Crippen LogP contribution in [0.15, 0.2) is 30.3 Å². The molecule has 2 atom stereocenters. The fraction of sp³-hybridized carbons (Fsp3) is 0.500. The molecule has 0 aliphatic carbocycles. The molecule has 6 nitrogen and oxygen atoms in total. The van der Waals surface area contributed by atoms with E-state index in [1.54, 1.807) is 4.90 Å². The molecule has 2 aliphatic heterocycles. The van der Waals surface area contributed by atoms with Crippen LogP contribution in [0.5, 0.6) is 0 Å². The molecule has 2 fully saturated rings. The van der Waals surface area contributed by atoms with Crippen LogP contribution in [0.4, 0.5) is 4.79 Å². The van der Waals surface area contributed by atoms with Crippen molar-refractivity contribution >= 4 is 11.9 Å². The average molecular weight is 304 g/mol. The summed E-state index contributed by atoms with van der Waals surface area (Å²) >= 11 is 0. The Bertz CT molecular complexity index is 526. The first-order valence-corrected chi connectivity index (χ1v) is 7.58. The van der Waals surface area contributed by atoms with E-state index in [1.807, 2.05) is 30.3 Å². The summed E-state index contributed by atoms with van der Waals surface area (Å²) in [4.78, 5) is 27.0. The highest BCUT2D eigenvalue weighted by molar-refractivity contribution is 6.04. The topological polar surface area (TPSA) is 70.1 Å². The number of amides is 3. The SMILES string of the molecule is O=C1C2CCCN2C(=O)N1CC(O)COCc1ccccc1. The molecule has 2 heterocycles. The van der Waals surface area contributed by atoms with Crippen molar-refractivity contribution in [3.05, 3.63) is 35.9 Å². The number of hydrogen-bond donors (Lipinski definition) is 1. The van der Waals surface area contributed by atoms with E-state index in [9.17, 15) is 14.7 Å². The third-order valence-corrected chi connectivity index (χ3v) is 4.10. The summed E-state index contributed by atoms with van der Waals surface area (Å²) in [5.41, 5.74) is 1.02. The molecule has 2 aliphatic rings. The maximum absolute atomic E-state index is 12.1. The zero-order valence-electron chi connectivity index (χ0n) is 12.4. The van der Waals surface area contributed by atoms with Crippen LogP contribution in [0.25, 0.3) is 0 Å². The lowest BCUT2D eigenvalue weighted by atomic mass is 10.2. The van der Waals surface area contributed by atoms with Crippen molar-refractivity contribution in [2.24, 2.45) is 0 Å². The molecule has 6 heteroatoms. The third kappa shape index (κ3) is 2.98. The Morgan fingerprint density at radius 2 is 2.05 bits per heavy atom. The number of ether oxygens (including phenoxy) is 1. The van der Waals surface area contributed by atoms with Gasteiger partial charge in [-0.2, -0.15) is 0 Å². The van der Waals surface area contributed by atoms with Crippen molar-refractivity contribution < 1.29 is 19.4 Å². The van der Waals surface area contributed by atoms with Crippen LogP contribution in [-0.4, -0.2) is 58.7 Å². The van der Waals surface area contributed by atoms with Gasteiger partial charge in [0, 0.05) is 6.54 Å². The van der Waals surface area contributed by atoms with Crippen molar-refractivity contribution in [3.63, 3.8) is 0 Å². The third-order valence-electron chi connectivity index (χ3n) is 4.10. The summed E-state index contributed by atoms with van der Waals surface area (Å²) in [5, 5.41) is 10.00. The first kappa shape index (κ1) is 15.0. The lowest BCUT2D eigenvalue weighted by Crippen LogP contribution is -2.40. The molecule has 1 aromatic carbocycles. The largest absolute Gasteiger partial charge is 0.389 e. The van der Waals surface area contributed by atoms with E-state index in [4.69, 9.17) is 4.74 Å². The van der Waals surface area contributed by atoms with Crippen molar-refractivity contribution in [2.75, 3.05) is 19.7 Å². The van der Waals surface area contributed by atoms with Gasteiger partial charge in [-0.25, -0.2) is 4.79 Å². The lowest BCUT2D eigenvalue weighted by molar-refractivity contribution is -0.129. The summed E-state index contributed by atoms with van der Waals surface area (Å²) in [6, 6.07) is 9.05. The van der Waals surface area contributed by atoms with Crippen LogP contribution in [-0.2, 0) is 16.1 Å². The zero-order chi connectivity index (χ0) is 15.5. The number of carbonyl (C=O) groups excluding carboxylic acids is 2. The van der Waals surface area contributed by atoms with Gasteiger partial charge >= 0.3 is 6.03 Å². The summed E-state index contributed by atoms with van der Waals surface area (Å²) < 4.78 is 5.44. The number of benzene rings is 1. The van der Waals surface area contributed by atoms with Crippen LogP contribution in [0.2, 0.25) is 0 Å². The Labute approximate surface area is 129 Å². The number of imide groups is 1. The summed E-state index contributed by atoms with van der Waals surface area (Å²) in [6.07, 6.45) is 0.733. The van der Waals surface area contributed by atoms with Crippen molar-refractivity contribution in [1.29, 1.82) is 0 Å². The van der Waals surface area contributed by atoms with Gasteiger partial charge in [-0.3, -0.25) is 9.69 Å². The second-order valence-electron chi connectivity index (χ2n) is 5.74. The monoisotopic (exact) mass is 304 g/mol. The number of nitrogens with zero attached hydrogens (tertiary/aromatic N) is 2. The first-order valence-electron chi connectivity index (χ1n) is 7.58. The second kappa shape index (κ2) is 6.46. The van der Waals surface area contributed by atoms with Gasteiger partial charge in [-0.1, -0.05) is 30.3 Å². The summed E-state index contributed by atoms with van der Waals surface area (Å²) in [7, 11) is 0. The molecule has 0 bridgehead atoms. The van der Waals surface area contributed by atoms with Crippen LogP contribution in [0.1, 0.15) is 18.4 Å². The number of hydrogen-bond acceptors (Lipinski definition) is 4. The number of urea groups is 1. The van der Waals surface area contributed by atoms with E-state index in [-0.39, 0.29) is 31.1 Å².